The number of hydrogen-bond donors (Lipinski definition) is 1. The van der Waals surface area contributed by atoms with Gasteiger partial charge in [-0.05, 0) is 31.5 Å². The van der Waals surface area contributed by atoms with Gasteiger partial charge in [0, 0.05) is 23.5 Å². The number of rotatable bonds is 6. The molecule has 1 unspecified atom stereocenters. The van der Waals surface area contributed by atoms with Gasteiger partial charge in [0.05, 0.1) is 29.5 Å². The van der Waals surface area contributed by atoms with Gasteiger partial charge in [-0.2, -0.15) is 5.10 Å². The molecule has 0 aliphatic heterocycles. The van der Waals surface area contributed by atoms with Gasteiger partial charge in [-0.1, -0.05) is 22.9 Å². The molecule has 0 aliphatic rings. The number of aromatic nitrogens is 4. The Labute approximate surface area is 159 Å². The van der Waals surface area contributed by atoms with Crippen LogP contribution in [0.3, 0.4) is 0 Å². The summed E-state index contributed by atoms with van der Waals surface area (Å²) in [5.74, 6) is 0.494. The number of amides is 1. The molecule has 2 heterocycles. The minimum absolute atomic E-state index is 0.159. The van der Waals surface area contributed by atoms with Gasteiger partial charge in [0.1, 0.15) is 5.82 Å². The van der Waals surface area contributed by atoms with Crippen LogP contribution in [0.1, 0.15) is 32.7 Å². The van der Waals surface area contributed by atoms with Crippen molar-refractivity contribution in [2.45, 2.75) is 39.3 Å². The lowest BCUT2D eigenvalue weighted by Crippen LogP contribution is -2.24. The standard InChI is InChI=1S/C18H20BrN5O2/c1-3-12(2)24-16(6-8-21-24)22-17(25)7-9-23-11-20-15-5-4-13(19)10-14(15)18(23)26/h4-6,8,10-12H,3,7,9H2,1-2H3,(H,22,25). The second kappa shape index (κ2) is 7.82. The summed E-state index contributed by atoms with van der Waals surface area (Å²) in [5.41, 5.74) is 0.477. The molecule has 26 heavy (non-hydrogen) atoms. The molecular weight excluding hydrogens is 398 g/mol. The van der Waals surface area contributed by atoms with E-state index in [1.165, 1.54) is 10.9 Å². The molecule has 0 saturated carbocycles. The van der Waals surface area contributed by atoms with Crippen LogP contribution in [-0.4, -0.2) is 25.2 Å². The largest absolute Gasteiger partial charge is 0.311 e. The highest BCUT2D eigenvalue weighted by molar-refractivity contribution is 9.10. The lowest BCUT2D eigenvalue weighted by molar-refractivity contribution is -0.116. The van der Waals surface area contributed by atoms with Crippen LogP contribution in [0, 0.1) is 0 Å². The second-order valence-corrected chi connectivity index (χ2v) is 7.04. The predicted molar refractivity (Wildman–Crippen MR) is 104 cm³/mol. The minimum Gasteiger partial charge on any atom is -0.311 e. The van der Waals surface area contributed by atoms with Crippen molar-refractivity contribution in [3.8, 4) is 0 Å². The van der Waals surface area contributed by atoms with E-state index in [-0.39, 0.29) is 30.5 Å². The lowest BCUT2D eigenvalue weighted by Gasteiger charge is -2.14. The van der Waals surface area contributed by atoms with E-state index in [4.69, 9.17) is 0 Å². The van der Waals surface area contributed by atoms with Crippen LogP contribution in [-0.2, 0) is 11.3 Å². The molecular formula is C18H20BrN5O2. The Bertz CT molecular complexity index is 995. The highest BCUT2D eigenvalue weighted by Gasteiger charge is 2.12. The number of carbonyl (C=O) groups is 1. The first kappa shape index (κ1) is 18.3. The van der Waals surface area contributed by atoms with E-state index < -0.39 is 0 Å². The number of aryl methyl sites for hydroxylation is 1. The lowest BCUT2D eigenvalue weighted by atomic mass is 10.2. The summed E-state index contributed by atoms with van der Waals surface area (Å²) in [6.07, 6.45) is 4.23. The number of carbonyl (C=O) groups excluding carboxylic acids is 1. The highest BCUT2D eigenvalue weighted by Crippen LogP contribution is 2.17. The third-order valence-corrected chi connectivity index (χ3v) is 4.81. The Kier molecular flexibility index (Phi) is 5.51. The first-order valence-electron chi connectivity index (χ1n) is 8.47. The highest BCUT2D eigenvalue weighted by atomic mass is 79.9. The van der Waals surface area contributed by atoms with E-state index in [0.717, 1.165) is 10.9 Å². The van der Waals surface area contributed by atoms with Crippen molar-refractivity contribution in [2.75, 3.05) is 5.32 Å². The van der Waals surface area contributed by atoms with Gasteiger partial charge in [0.15, 0.2) is 0 Å². The van der Waals surface area contributed by atoms with E-state index in [2.05, 4.69) is 38.3 Å². The molecule has 0 bridgehead atoms. The molecule has 0 saturated heterocycles. The molecule has 0 aliphatic carbocycles. The Morgan fingerprint density at radius 3 is 2.92 bits per heavy atom. The number of halogens is 1. The minimum atomic E-state index is -0.170. The zero-order chi connectivity index (χ0) is 18.7. The van der Waals surface area contributed by atoms with Crippen LogP contribution >= 0.6 is 15.9 Å². The van der Waals surface area contributed by atoms with Crippen LogP contribution in [0.25, 0.3) is 10.9 Å². The zero-order valence-electron chi connectivity index (χ0n) is 14.6. The van der Waals surface area contributed by atoms with Crippen LogP contribution in [0.5, 0.6) is 0 Å². The zero-order valence-corrected chi connectivity index (χ0v) is 16.2. The molecule has 3 rings (SSSR count). The van der Waals surface area contributed by atoms with Gasteiger partial charge in [-0.3, -0.25) is 14.2 Å². The van der Waals surface area contributed by atoms with Gasteiger partial charge in [0.25, 0.3) is 5.56 Å². The molecule has 2 aromatic heterocycles. The Morgan fingerprint density at radius 2 is 2.15 bits per heavy atom. The Balaban J connectivity index is 1.70. The van der Waals surface area contributed by atoms with Crippen molar-refractivity contribution >= 4 is 38.6 Å². The Hall–Kier alpha value is -2.48. The summed E-state index contributed by atoms with van der Waals surface area (Å²) in [5, 5.41) is 7.63. The molecule has 0 radical (unpaired) electrons. The maximum Gasteiger partial charge on any atom is 0.261 e. The molecule has 0 spiro atoms. The number of nitrogens with zero attached hydrogens (tertiary/aromatic N) is 4. The molecule has 136 valence electrons. The fraction of sp³-hybridized carbons (Fsp3) is 0.333. The monoisotopic (exact) mass is 417 g/mol. The smallest absolute Gasteiger partial charge is 0.261 e. The van der Waals surface area contributed by atoms with E-state index >= 15 is 0 Å². The number of anilines is 1. The van der Waals surface area contributed by atoms with Crippen LogP contribution < -0.4 is 10.9 Å². The third kappa shape index (κ3) is 3.85. The molecule has 1 amide bonds. The molecule has 8 heteroatoms. The average Bonchev–Trinajstić information content (AvgIpc) is 3.09. The summed E-state index contributed by atoms with van der Waals surface area (Å²) in [7, 11) is 0. The predicted octanol–water partition coefficient (Wildman–Crippen LogP) is 3.36. The Morgan fingerprint density at radius 1 is 1.35 bits per heavy atom. The summed E-state index contributed by atoms with van der Waals surface area (Å²) in [6.45, 7) is 4.37. The molecule has 0 fully saturated rings. The van der Waals surface area contributed by atoms with Gasteiger partial charge in [0.2, 0.25) is 5.91 Å². The van der Waals surface area contributed by atoms with Crippen molar-refractivity contribution in [3.63, 3.8) is 0 Å². The average molecular weight is 418 g/mol. The summed E-state index contributed by atoms with van der Waals surface area (Å²) >= 11 is 3.36. The van der Waals surface area contributed by atoms with Crippen LogP contribution in [0.15, 0.2) is 46.1 Å². The number of benzene rings is 1. The number of nitrogens with one attached hydrogen (secondary N) is 1. The van der Waals surface area contributed by atoms with E-state index in [1.807, 2.05) is 13.0 Å². The van der Waals surface area contributed by atoms with Crippen LogP contribution in [0.2, 0.25) is 0 Å². The topological polar surface area (TPSA) is 81.8 Å². The second-order valence-electron chi connectivity index (χ2n) is 6.12. The fourth-order valence-corrected chi connectivity index (χ4v) is 3.02. The molecule has 1 atom stereocenters. The SMILES string of the molecule is CCC(C)n1nccc1NC(=O)CCn1cnc2ccc(Br)cc2c1=O. The van der Waals surface area contributed by atoms with Crippen molar-refractivity contribution in [2.24, 2.45) is 0 Å². The summed E-state index contributed by atoms with van der Waals surface area (Å²) < 4.78 is 4.07. The van der Waals surface area contributed by atoms with E-state index in [0.29, 0.717) is 16.7 Å². The van der Waals surface area contributed by atoms with Gasteiger partial charge in [-0.25, -0.2) is 9.67 Å². The normalized spacial score (nSPS) is 12.3. The first-order chi connectivity index (χ1) is 12.5. The quantitative estimate of drug-likeness (QED) is 0.666. The van der Waals surface area contributed by atoms with Crippen molar-refractivity contribution in [1.29, 1.82) is 0 Å². The maximum absolute atomic E-state index is 12.5. The molecule has 1 N–H and O–H groups in total. The summed E-state index contributed by atoms with van der Waals surface area (Å²) in [6, 6.07) is 7.34. The van der Waals surface area contributed by atoms with Crippen molar-refractivity contribution < 1.29 is 4.79 Å². The van der Waals surface area contributed by atoms with Gasteiger partial charge >= 0.3 is 0 Å². The summed E-state index contributed by atoms with van der Waals surface area (Å²) in [4.78, 5) is 29.1. The number of fused-ring (bicyclic) bond motifs is 1. The van der Waals surface area contributed by atoms with E-state index in [9.17, 15) is 9.59 Å². The van der Waals surface area contributed by atoms with Gasteiger partial charge in [-0.15, -0.1) is 0 Å². The maximum atomic E-state index is 12.5. The van der Waals surface area contributed by atoms with E-state index in [1.54, 1.807) is 29.1 Å². The van der Waals surface area contributed by atoms with Crippen molar-refractivity contribution in [3.05, 3.63) is 51.6 Å². The molecule has 3 aromatic rings. The van der Waals surface area contributed by atoms with Crippen LogP contribution in [0.4, 0.5) is 5.82 Å². The first-order valence-corrected chi connectivity index (χ1v) is 9.27. The van der Waals surface area contributed by atoms with Gasteiger partial charge < -0.3 is 5.32 Å². The van der Waals surface area contributed by atoms with Crippen molar-refractivity contribution in [1.82, 2.24) is 19.3 Å². The fourth-order valence-electron chi connectivity index (χ4n) is 2.66. The molecule has 7 nitrogen and oxygen atoms in total. The third-order valence-electron chi connectivity index (χ3n) is 4.31. The molecule has 1 aromatic carbocycles. The number of hydrogen-bond acceptors (Lipinski definition) is 4.